The summed E-state index contributed by atoms with van der Waals surface area (Å²) < 4.78 is 28.0. The lowest BCUT2D eigenvalue weighted by Gasteiger charge is -2.35. The Hall–Kier alpha value is -1.93. The fourth-order valence-electron chi connectivity index (χ4n) is 2.94. The Morgan fingerprint density at radius 3 is 2.91 bits per heavy atom. The highest BCUT2D eigenvalue weighted by Gasteiger charge is 2.32. The molecular formula is C15H20N4O3S. The summed E-state index contributed by atoms with van der Waals surface area (Å²) in [6, 6.07) is 6.82. The smallest absolute Gasteiger partial charge is 0.285 e. The first kappa shape index (κ1) is 15.9. The quantitative estimate of drug-likeness (QED) is 0.815. The molecular weight excluding hydrogens is 316 g/mol. The molecule has 0 unspecified atom stereocenters. The van der Waals surface area contributed by atoms with Crippen LogP contribution in [0.15, 0.2) is 33.6 Å². The highest BCUT2D eigenvalue weighted by atomic mass is 32.2. The van der Waals surface area contributed by atoms with Crippen LogP contribution in [0.25, 0.3) is 0 Å². The van der Waals surface area contributed by atoms with Crippen LogP contribution in [0, 0.1) is 0 Å². The van der Waals surface area contributed by atoms with E-state index in [2.05, 4.69) is 9.71 Å². The third-order valence-corrected chi connectivity index (χ3v) is 5.49. The van der Waals surface area contributed by atoms with E-state index in [-0.39, 0.29) is 23.4 Å². The second-order valence-corrected chi connectivity index (χ2v) is 7.45. The zero-order chi connectivity index (χ0) is 16.6. The van der Waals surface area contributed by atoms with E-state index in [1.807, 2.05) is 11.8 Å². The molecule has 1 N–H and O–H groups in total. The van der Waals surface area contributed by atoms with Gasteiger partial charge < -0.3 is 15.1 Å². The maximum absolute atomic E-state index is 12.5. The first-order valence-corrected chi connectivity index (χ1v) is 9.00. The first-order valence-electron chi connectivity index (χ1n) is 7.56. The Morgan fingerprint density at radius 2 is 2.17 bits per heavy atom. The number of likely N-dealkylation sites (N-methyl/N-ethyl adjacent to an activating group) is 1. The highest BCUT2D eigenvalue weighted by molar-refractivity contribution is 7.90. The molecule has 1 aromatic carbocycles. The number of hydrogen-bond donors (Lipinski definition) is 1. The molecule has 1 aromatic rings. The standard InChI is InChI=1S/C15H20N4O3S/c1-11-9-16-7-8-19(11)14(20)10-18(2)15-12-5-3-4-6-13(12)23(21,22)17-15/h3-6,11,16H,7-10H2,1-2H3/t11-/m1/s1. The number of rotatable bonds is 2. The lowest BCUT2D eigenvalue weighted by molar-refractivity contribution is -0.134. The second kappa shape index (κ2) is 5.93. The Morgan fingerprint density at radius 1 is 1.43 bits per heavy atom. The molecule has 1 amide bonds. The molecule has 1 atom stereocenters. The molecule has 124 valence electrons. The summed E-state index contributed by atoms with van der Waals surface area (Å²) in [7, 11) is -1.96. The van der Waals surface area contributed by atoms with E-state index in [4.69, 9.17) is 0 Å². The minimum absolute atomic E-state index is 0.0222. The van der Waals surface area contributed by atoms with Gasteiger partial charge in [-0.1, -0.05) is 12.1 Å². The predicted octanol–water partition coefficient (Wildman–Crippen LogP) is -0.112. The van der Waals surface area contributed by atoms with Crippen molar-refractivity contribution in [3.63, 3.8) is 0 Å². The zero-order valence-corrected chi connectivity index (χ0v) is 14.0. The van der Waals surface area contributed by atoms with Crippen molar-refractivity contribution < 1.29 is 13.2 Å². The van der Waals surface area contributed by atoms with Crippen molar-refractivity contribution in [3.8, 4) is 0 Å². The van der Waals surface area contributed by atoms with Gasteiger partial charge in [0.25, 0.3) is 10.0 Å². The molecule has 0 saturated carbocycles. The number of amidine groups is 1. The van der Waals surface area contributed by atoms with E-state index in [1.165, 1.54) is 6.07 Å². The Kier molecular flexibility index (Phi) is 4.11. The fourth-order valence-corrected chi connectivity index (χ4v) is 4.20. The third-order valence-electron chi connectivity index (χ3n) is 4.17. The number of nitrogens with one attached hydrogen (secondary N) is 1. The molecule has 3 rings (SSSR count). The number of nitrogens with zero attached hydrogens (tertiary/aromatic N) is 3. The van der Waals surface area contributed by atoms with Crippen molar-refractivity contribution in [2.75, 3.05) is 33.2 Å². The second-order valence-electron chi connectivity index (χ2n) is 5.88. The molecule has 0 spiro atoms. The van der Waals surface area contributed by atoms with Gasteiger partial charge in [0.15, 0.2) is 5.84 Å². The van der Waals surface area contributed by atoms with Gasteiger partial charge in [0.2, 0.25) is 5.91 Å². The Bertz CT molecular complexity index is 760. The van der Waals surface area contributed by atoms with Gasteiger partial charge in [0.1, 0.15) is 4.90 Å². The van der Waals surface area contributed by atoms with Crippen molar-refractivity contribution in [1.29, 1.82) is 0 Å². The van der Waals surface area contributed by atoms with Crippen LogP contribution in [-0.4, -0.2) is 69.2 Å². The Balaban J connectivity index is 1.79. The molecule has 1 saturated heterocycles. The van der Waals surface area contributed by atoms with Crippen molar-refractivity contribution in [2.45, 2.75) is 17.9 Å². The van der Waals surface area contributed by atoms with Crippen LogP contribution in [0.2, 0.25) is 0 Å². The van der Waals surface area contributed by atoms with Crippen LogP contribution in [0.3, 0.4) is 0 Å². The predicted molar refractivity (Wildman–Crippen MR) is 86.8 cm³/mol. The summed E-state index contributed by atoms with van der Waals surface area (Å²) in [5, 5.41) is 3.24. The maximum atomic E-state index is 12.5. The van der Waals surface area contributed by atoms with Crippen molar-refractivity contribution >= 4 is 21.8 Å². The minimum atomic E-state index is -3.66. The van der Waals surface area contributed by atoms with Gasteiger partial charge in [0.05, 0.1) is 6.54 Å². The summed E-state index contributed by atoms with van der Waals surface area (Å²) in [6.45, 7) is 4.31. The van der Waals surface area contributed by atoms with Crippen LogP contribution in [-0.2, 0) is 14.8 Å². The number of piperazine rings is 1. The van der Waals surface area contributed by atoms with Crippen LogP contribution in [0.4, 0.5) is 0 Å². The number of fused-ring (bicyclic) bond motifs is 1. The molecule has 1 fully saturated rings. The molecule has 0 radical (unpaired) electrons. The molecule has 0 aliphatic carbocycles. The first-order chi connectivity index (χ1) is 10.9. The zero-order valence-electron chi connectivity index (χ0n) is 13.2. The van der Waals surface area contributed by atoms with Crippen LogP contribution in [0.5, 0.6) is 0 Å². The lowest BCUT2D eigenvalue weighted by Crippen LogP contribution is -2.54. The van der Waals surface area contributed by atoms with E-state index >= 15 is 0 Å². The number of carbonyl (C=O) groups is 1. The third kappa shape index (κ3) is 2.96. The average Bonchev–Trinajstić information content (AvgIpc) is 2.80. The summed E-state index contributed by atoms with van der Waals surface area (Å²) in [5.41, 5.74) is 0.552. The SMILES string of the molecule is C[C@@H]1CNCCN1C(=O)CN(C)C1=NS(=O)(=O)c2ccccc21. The van der Waals surface area contributed by atoms with Gasteiger partial charge in [-0.2, -0.15) is 8.42 Å². The van der Waals surface area contributed by atoms with Crippen molar-refractivity contribution in [3.05, 3.63) is 29.8 Å². The van der Waals surface area contributed by atoms with E-state index in [9.17, 15) is 13.2 Å². The van der Waals surface area contributed by atoms with Crippen molar-refractivity contribution in [2.24, 2.45) is 4.40 Å². The fraction of sp³-hybridized carbons (Fsp3) is 0.467. The lowest BCUT2D eigenvalue weighted by atomic mass is 10.2. The topological polar surface area (TPSA) is 82.1 Å². The van der Waals surface area contributed by atoms with Crippen LogP contribution >= 0.6 is 0 Å². The molecule has 2 heterocycles. The van der Waals surface area contributed by atoms with Gasteiger partial charge in [0, 0.05) is 38.3 Å². The van der Waals surface area contributed by atoms with Crippen LogP contribution in [0.1, 0.15) is 12.5 Å². The monoisotopic (exact) mass is 336 g/mol. The number of amides is 1. The average molecular weight is 336 g/mol. The normalized spacial score (nSPS) is 22.4. The summed E-state index contributed by atoms with van der Waals surface area (Å²) in [4.78, 5) is 16.1. The molecule has 8 heteroatoms. The summed E-state index contributed by atoms with van der Waals surface area (Å²) >= 11 is 0. The van der Waals surface area contributed by atoms with E-state index < -0.39 is 10.0 Å². The summed E-state index contributed by atoms with van der Waals surface area (Å²) in [6.07, 6.45) is 0. The number of sulfonamides is 1. The van der Waals surface area contributed by atoms with E-state index in [0.717, 1.165) is 13.1 Å². The van der Waals surface area contributed by atoms with Gasteiger partial charge in [-0.3, -0.25) is 4.79 Å². The number of benzene rings is 1. The number of hydrogen-bond acceptors (Lipinski definition) is 5. The molecule has 7 nitrogen and oxygen atoms in total. The van der Waals surface area contributed by atoms with Gasteiger partial charge in [-0.15, -0.1) is 4.40 Å². The number of carbonyl (C=O) groups excluding carboxylic acids is 1. The Labute approximate surface area is 136 Å². The molecule has 0 bridgehead atoms. The van der Waals surface area contributed by atoms with Crippen LogP contribution < -0.4 is 5.32 Å². The molecule has 2 aliphatic rings. The van der Waals surface area contributed by atoms with Gasteiger partial charge in [-0.25, -0.2) is 0 Å². The molecule has 23 heavy (non-hydrogen) atoms. The van der Waals surface area contributed by atoms with Crippen molar-refractivity contribution in [1.82, 2.24) is 15.1 Å². The summed E-state index contributed by atoms with van der Waals surface area (Å²) in [5.74, 6) is 0.308. The van der Waals surface area contributed by atoms with E-state index in [1.54, 1.807) is 30.1 Å². The minimum Gasteiger partial charge on any atom is -0.349 e. The molecule has 2 aliphatic heterocycles. The molecule has 0 aromatic heterocycles. The van der Waals surface area contributed by atoms with Gasteiger partial charge in [-0.05, 0) is 19.1 Å². The van der Waals surface area contributed by atoms with E-state index in [0.29, 0.717) is 17.9 Å². The maximum Gasteiger partial charge on any atom is 0.285 e. The van der Waals surface area contributed by atoms with Gasteiger partial charge >= 0.3 is 0 Å². The highest BCUT2D eigenvalue weighted by Crippen LogP contribution is 2.26. The largest absolute Gasteiger partial charge is 0.349 e.